The van der Waals surface area contributed by atoms with Gasteiger partial charge in [-0.15, -0.1) is 0 Å². The van der Waals surface area contributed by atoms with E-state index in [9.17, 15) is 14.4 Å². The highest BCUT2D eigenvalue weighted by Crippen LogP contribution is 2.18. The number of hydrogen-bond donors (Lipinski definition) is 0. The molecule has 0 aliphatic rings. The van der Waals surface area contributed by atoms with E-state index in [0.29, 0.717) is 19.3 Å². The highest BCUT2D eigenvalue weighted by atomic mass is 16.6. The van der Waals surface area contributed by atoms with Gasteiger partial charge in [-0.3, -0.25) is 14.4 Å². The molecule has 0 saturated heterocycles. The number of hydrogen-bond acceptors (Lipinski definition) is 6. The Morgan fingerprint density at radius 2 is 0.506 bits per heavy atom. The highest BCUT2D eigenvalue weighted by Gasteiger charge is 2.19. The fourth-order valence-electron chi connectivity index (χ4n) is 9.96. The largest absolute Gasteiger partial charge is 0.462 e. The van der Waals surface area contributed by atoms with E-state index in [4.69, 9.17) is 14.2 Å². The first-order chi connectivity index (χ1) is 38.0. The average molecular weight is 1080 g/mol. The van der Waals surface area contributed by atoms with Crippen LogP contribution in [0.2, 0.25) is 0 Å². The first-order valence-electron chi connectivity index (χ1n) is 33.8. The molecule has 0 aromatic rings. The number of rotatable bonds is 62. The monoisotopic (exact) mass is 1080 g/mol. The normalized spacial score (nSPS) is 12.4. The first-order valence-corrected chi connectivity index (χ1v) is 33.8. The summed E-state index contributed by atoms with van der Waals surface area (Å²) in [6.45, 7) is 6.54. The zero-order chi connectivity index (χ0) is 55.7. The lowest BCUT2D eigenvalue weighted by Gasteiger charge is -2.18. The fraction of sp³-hybridized carbons (Fsp3) is 0.817. The molecule has 0 heterocycles. The molecule has 0 aliphatic heterocycles. The van der Waals surface area contributed by atoms with Gasteiger partial charge in [0.25, 0.3) is 0 Å². The SMILES string of the molecule is CC/C=C\C/C=C\C/C=C\CCCCCCCC(=O)OCC(COC(=O)CCCCCCCCCCCCCCCCCCCCCCCCCCCCC)OC(=O)CCCCCCCCC/C=C\C/C=C\CCCCC. The molecule has 0 N–H and O–H groups in total. The molecule has 0 fully saturated rings. The predicted octanol–water partition coefficient (Wildman–Crippen LogP) is 23.1. The molecule has 0 spiro atoms. The van der Waals surface area contributed by atoms with Crippen LogP contribution in [0.5, 0.6) is 0 Å². The zero-order valence-electron chi connectivity index (χ0n) is 51.5. The number of allylic oxidation sites excluding steroid dienone is 10. The molecule has 448 valence electrons. The van der Waals surface area contributed by atoms with Crippen molar-refractivity contribution in [3.63, 3.8) is 0 Å². The third-order valence-corrected chi connectivity index (χ3v) is 15.0. The van der Waals surface area contributed by atoms with E-state index in [2.05, 4.69) is 81.5 Å². The summed E-state index contributed by atoms with van der Waals surface area (Å²) in [7, 11) is 0. The second kappa shape index (κ2) is 65.6. The molecule has 0 aliphatic carbocycles. The van der Waals surface area contributed by atoms with Crippen molar-refractivity contribution in [2.45, 2.75) is 361 Å². The Morgan fingerprint density at radius 3 is 0.818 bits per heavy atom. The van der Waals surface area contributed by atoms with Crippen molar-refractivity contribution in [3.05, 3.63) is 60.8 Å². The Labute approximate surface area is 479 Å². The lowest BCUT2D eigenvalue weighted by atomic mass is 10.0. The first kappa shape index (κ1) is 74.1. The maximum Gasteiger partial charge on any atom is 0.306 e. The van der Waals surface area contributed by atoms with E-state index >= 15 is 0 Å². The number of esters is 3. The predicted molar refractivity (Wildman–Crippen MR) is 335 cm³/mol. The molecule has 0 amide bonds. The van der Waals surface area contributed by atoms with Crippen molar-refractivity contribution in [2.75, 3.05) is 13.2 Å². The molecule has 0 rings (SSSR count). The minimum atomic E-state index is -0.786. The maximum absolute atomic E-state index is 12.9. The Morgan fingerprint density at radius 1 is 0.273 bits per heavy atom. The summed E-state index contributed by atoms with van der Waals surface area (Å²) in [6, 6.07) is 0. The fourth-order valence-corrected chi connectivity index (χ4v) is 9.96. The molecule has 6 heteroatoms. The van der Waals surface area contributed by atoms with Crippen LogP contribution in [0.25, 0.3) is 0 Å². The van der Waals surface area contributed by atoms with Crippen LogP contribution in [-0.2, 0) is 28.6 Å². The standard InChI is InChI=1S/C71H128O6/c1-4-7-10-13-16-19-22-25-28-30-31-32-33-34-35-36-37-38-39-41-43-46-49-52-55-58-61-64-70(73)76-67-68(66-75-69(72)63-60-57-54-51-48-45-42-27-24-21-18-15-12-9-6-3)77-71(74)65-62-59-56-53-50-47-44-40-29-26-23-20-17-14-11-8-5-2/h9,12,17-18,20-21,26-27,29,42,68H,4-8,10-11,13-16,19,22-25,28,30-41,43-67H2,1-3H3/b12-9-,20-17-,21-18-,29-26-,42-27-. The van der Waals surface area contributed by atoms with Gasteiger partial charge in [-0.2, -0.15) is 0 Å². The summed E-state index contributed by atoms with van der Waals surface area (Å²) in [5.41, 5.74) is 0. The van der Waals surface area contributed by atoms with E-state index in [1.165, 1.54) is 205 Å². The van der Waals surface area contributed by atoms with Crippen LogP contribution < -0.4 is 0 Å². The summed E-state index contributed by atoms with van der Waals surface area (Å²) in [5, 5.41) is 0. The summed E-state index contributed by atoms with van der Waals surface area (Å²) in [6.07, 6.45) is 83.9. The van der Waals surface area contributed by atoms with Crippen LogP contribution in [0.4, 0.5) is 0 Å². The summed E-state index contributed by atoms with van der Waals surface area (Å²) < 4.78 is 16.9. The van der Waals surface area contributed by atoms with E-state index < -0.39 is 6.10 Å². The van der Waals surface area contributed by atoms with Gasteiger partial charge >= 0.3 is 17.9 Å². The van der Waals surface area contributed by atoms with Crippen molar-refractivity contribution in [2.24, 2.45) is 0 Å². The molecule has 0 aromatic heterocycles. The van der Waals surface area contributed by atoms with Gasteiger partial charge < -0.3 is 14.2 Å². The van der Waals surface area contributed by atoms with Gasteiger partial charge in [-0.25, -0.2) is 0 Å². The summed E-state index contributed by atoms with van der Waals surface area (Å²) in [4.78, 5) is 38.3. The van der Waals surface area contributed by atoms with Gasteiger partial charge in [-0.1, -0.05) is 313 Å². The Kier molecular flexibility index (Phi) is 63.2. The van der Waals surface area contributed by atoms with Gasteiger partial charge in [0.05, 0.1) is 0 Å². The third kappa shape index (κ3) is 63.8. The summed E-state index contributed by atoms with van der Waals surface area (Å²) >= 11 is 0. The van der Waals surface area contributed by atoms with Crippen molar-refractivity contribution < 1.29 is 28.6 Å². The number of unbranched alkanes of at least 4 members (excludes halogenated alkanes) is 41. The number of carbonyl (C=O) groups is 3. The van der Waals surface area contributed by atoms with Gasteiger partial charge in [0.15, 0.2) is 6.10 Å². The molecule has 0 saturated carbocycles. The Bertz CT molecular complexity index is 1380. The van der Waals surface area contributed by atoms with Gasteiger partial charge in [0.2, 0.25) is 0 Å². The van der Waals surface area contributed by atoms with Crippen molar-refractivity contribution in [1.29, 1.82) is 0 Å². The number of carbonyl (C=O) groups excluding carboxylic acids is 3. The molecule has 77 heavy (non-hydrogen) atoms. The van der Waals surface area contributed by atoms with Crippen molar-refractivity contribution >= 4 is 17.9 Å². The topological polar surface area (TPSA) is 78.9 Å². The van der Waals surface area contributed by atoms with Crippen LogP contribution in [0.3, 0.4) is 0 Å². The van der Waals surface area contributed by atoms with E-state index in [1.807, 2.05) is 0 Å². The molecule has 6 nitrogen and oxygen atoms in total. The van der Waals surface area contributed by atoms with E-state index in [0.717, 1.165) is 109 Å². The van der Waals surface area contributed by atoms with Crippen LogP contribution in [0.15, 0.2) is 60.8 Å². The second-order valence-electron chi connectivity index (χ2n) is 22.7. The Hall–Kier alpha value is -2.89. The lowest BCUT2D eigenvalue weighted by molar-refractivity contribution is -0.167. The molecule has 1 atom stereocenters. The molecular weight excluding hydrogens is 949 g/mol. The second-order valence-corrected chi connectivity index (χ2v) is 22.7. The van der Waals surface area contributed by atoms with Crippen LogP contribution in [0, 0.1) is 0 Å². The number of ether oxygens (including phenoxy) is 3. The van der Waals surface area contributed by atoms with Crippen molar-refractivity contribution in [1.82, 2.24) is 0 Å². The van der Waals surface area contributed by atoms with Gasteiger partial charge in [0, 0.05) is 19.3 Å². The average Bonchev–Trinajstić information content (AvgIpc) is 3.43. The molecular formula is C71H128O6. The van der Waals surface area contributed by atoms with E-state index in [-0.39, 0.29) is 31.1 Å². The van der Waals surface area contributed by atoms with Crippen LogP contribution in [-0.4, -0.2) is 37.2 Å². The molecule has 0 aromatic carbocycles. The third-order valence-electron chi connectivity index (χ3n) is 15.0. The summed E-state index contributed by atoms with van der Waals surface area (Å²) in [5.74, 6) is -0.886. The Balaban J connectivity index is 4.25. The maximum atomic E-state index is 12.9. The van der Waals surface area contributed by atoms with E-state index in [1.54, 1.807) is 0 Å². The van der Waals surface area contributed by atoms with Crippen LogP contribution in [0.1, 0.15) is 355 Å². The lowest BCUT2D eigenvalue weighted by Crippen LogP contribution is -2.30. The van der Waals surface area contributed by atoms with Gasteiger partial charge in [0.1, 0.15) is 13.2 Å². The minimum absolute atomic E-state index is 0.0800. The molecule has 1 unspecified atom stereocenters. The van der Waals surface area contributed by atoms with Crippen molar-refractivity contribution in [3.8, 4) is 0 Å². The highest BCUT2D eigenvalue weighted by molar-refractivity contribution is 5.71. The zero-order valence-corrected chi connectivity index (χ0v) is 51.5. The quantitative estimate of drug-likeness (QED) is 0.0261. The van der Waals surface area contributed by atoms with Crippen LogP contribution >= 0.6 is 0 Å². The molecule has 0 bridgehead atoms. The molecule has 0 radical (unpaired) electrons. The minimum Gasteiger partial charge on any atom is -0.462 e. The van der Waals surface area contributed by atoms with Gasteiger partial charge in [-0.05, 0) is 83.5 Å². The smallest absolute Gasteiger partial charge is 0.306 e.